The van der Waals surface area contributed by atoms with Crippen molar-refractivity contribution in [3.8, 4) is 11.5 Å². The van der Waals surface area contributed by atoms with Crippen molar-refractivity contribution in [1.82, 2.24) is 0 Å². The van der Waals surface area contributed by atoms with Gasteiger partial charge in [0, 0.05) is 76.4 Å². The third-order valence-electron chi connectivity index (χ3n) is 11.7. The van der Waals surface area contributed by atoms with Crippen LogP contribution in [0.4, 0.5) is 0 Å². The van der Waals surface area contributed by atoms with Gasteiger partial charge in [-0.2, -0.15) is 0 Å². The molecule has 8 rings (SSSR count). The van der Waals surface area contributed by atoms with E-state index in [0.29, 0.717) is 47.9 Å². The predicted octanol–water partition coefficient (Wildman–Crippen LogP) is 9.94. The lowest BCUT2D eigenvalue weighted by atomic mass is 9.84. The Kier molecular flexibility index (Phi) is 19.4. The number of rotatable bonds is 17. The standard InChI is InChI=1S/C15H18O4.2C14H16O3.C13H14O3/c1-10(2)15(16)19-7-6-18-12-5-4-11-8-14(17-3)13(11)9-12;2*1-9(2)14(15)17-8-10-4-5-12-11(6-10)7-13(12)16-3;1-8(2)13(14)16-10-4-5-11-9(6-10)7-12(11)15-3/h4-5,9,14H,1,6-8H2,2-3H3;2*4-6,13H,1,7-8H2,2-3H3;4-6,12H,1,7H2,2-3H3. The molecule has 4 aromatic carbocycles. The Morgan fingerprint density at radius 1 is 0.435 bits per heavy atom. The Balaban J connectivity index is 0.000000172. The molecule has 13 nitrogen and oxygen atoms in total. The fourth-order valence-electron chi connectivity index (χ4n) is 7.48. The van der Waals surface area contributed by atoms with Gasteiger partial charge in [0.15, 0.2) is 0 Å². The van der Waals surface area contributed by atoms with Crippen LogP contribution in [0.1, 0.15) is 108 Å². The number of hydrogen-bond acceptors (Lipinski definition) is 13. The minimum Gasteiger partial charge on any atom is -0.490 e. The molecule has 4 aliphatic carbocycles. The molecule has 0 heterocycles. The number of fused-ring (bicyclic) bond motifs is 4. The molecule has 366 valence electrons. The maximum Gasteiger partial charge on any atom is 0.338 e. The topological polar surface area (TPSA) is 151 Å². The van der Waals surface area contributed by atoms with Crippen LogP contribution in [-0.4, -0.2) is 65.5 Å². The van der Waals surface area contributed by atoms with E-state index in [2.05, 4.69) is 38.4 Å². The van der Waals surface area contributed by atoms with Gasteiger partial charge in [-0.05, 0) is 108 Å². The molecule has 0 aliphatic heterocycles. The molecule has 0 saturated heterocycles. The quantitative estimate of drug-likeness (QED) is 0.0325. The second-order valence-corrected chi connectivity index (χ2v) is 17.1. The maximum absolute atomic E-state index is 11.3. The second-order valence-electron chi connectivity index (χ2n) is 17.1. The number of carbonyl (C=O) groups excluding carboxylic acids is 4. The summed E-state index contributed by atoms with van der Waals surface area (Å²) in [4.78, 5) is 44.9. The smallest absolute Gasteiger partial charge is 0.338 e. The van der Waals surface area contributed by atoms with E-state index in [1.807, 2.05) is 54.6 Å². The minimum absolute atomic E-state index is 0.180. The zero-order chi connectivity index (χ0) is 50.4. The van der Waals surface area contributed by atoms with E-state index in [9.17, 15) is 19.2 Å². The van der Waals surface area contributed by atoms with Gasteiger partial charge in [0.2, 0.25) is 0 Å². The molecule has 0 radical (unpaired) electrons. The highest BCUT2D eigenvalue weighted by Gasteiger charge is 2.29. The highest BCUT2D eigenvalue weighted by molar-refractivity contribution is 5.89. The second kappa shape index (κ2) is 25.1. The summed E-state index contributed by atoms with van der Waals surface area (Å²) < 4.78 is 46.9. The monoisotopic (exact) mass is 944 g/mol. The van der Waals surface area contributed by atoms with Gasteiger partial charge in [0.25, 0.3) is 0 Å². The molecular weight excluding hydrogens is 881 g/mol. The fraction of sp³-hybridized carbons (Fsp3) is 0.357. The Morgan fingerprint density at radius 2 is 0.826 bits per heavy atom. The van der Waals surface area contributed by atoms with Crippen molar-refractivity contribution in [3.63, 3.8) is 0 Å². The molecule has 0 N–H and O–H groups in total. The Bertz CT molecular complexity index is 2480. The molecule has 0 spiro atoms. The summed E-state index contributed by atoms with van der Waals surface area (Å²) in [6, 6.07) is 23.7. The van der Waals surface area contributed by atoms with Crippen LogP contribution < -0.4 is 9.47 Å². The van der Waals surface area contributed by atoms with Gasteiger partial charge in [-0.25, -0.2) is 19.2 Å². The summed E-state index contributed by atoms with van der Waals surface area (Å²) >= 11 is 0. The third kappa shape index (κ3) is 14.4. The van der Waals surface area contributed by atoms with Gasteiger partial charge in [-0.3, -0.25) is 0 Å². The van der Waals surface area contributed by atoms with Crippen molar-refractivity contribution in [3.05, 3.63) is 177 Å². The number of ether oxygens (including phenoxy) is 9. The first-order valence-electron chi connectivity index (χ1n) is 22.5. The minimum atomic E-state index is -0.389. The highest BCUT2D eigenvalue weighted by Crippen LogP contribution is 2.40. The average molecular weight is 945 g/mol. The third-order valence-corrected chi connectivity index (χ3v) is 11.7. The van der Waals surface area contributed by atoms with Crippen molar-refractivity contribution >= 4 is 23.9 Å². The van der Waals surface area contributed by atoms with Gasteiger partial charge in [0.1, 0.15) is 37.9 Å². The van der Waals surface area contributed by atoms with Gasteiger partial charge in [-0.15, -0.1) is 0 Å². The number of carbonyl (C=O) groups is 4. The van der Waals surface area contributed by atoms with Crippen molar-refractivity contribution in [2.45, 2.75) is 91.0 Å². The van der Waals surface area contributed by atoms with E-state index in [1.54, 1.807) is 62.2 Å². The zero-order valence-corrected chi connectivity index (χ0v) is 41.0. The van der Waals surface area contributed by atoms with Crippen LogP contribution in [0.25, 0.3) is 0 Å². The van der Waals surface area contributed by atoms with Crippen LogP contribution in [0.2, 0.25) is 0 Å². The van der Waals surface area contributed by atoms with Crippen LogP contribution in [0.3, 0.4) is 0 Å². The SMILES string of the molecule is C=C(C)C(=O)OCCOc1ccc2c(c1)C(OC)C2.C=C(C)C(=O)OCc1ccc2c(c1)CC2OC.C=C(C)C(=O)OCc1ccc2c(c1)CC2OC.C=C(C)C(=O)Oc1ccc2c(c1)CC2OC. The summed E-state index contributed by atoms with van der Waals surface area (Å²) in [6.45, 7) is 21.8. The van der Waals surface area contributed by atoms with Crippen molar-refractivity contribution < 1.29 is 61.8 Å². The number of methoxy groups -OCH3 is 4. The summed E-state index contributed by atoms with van der Waals surface area (Å²) in [5, 5.41) is 0. The van der Waals surface area contributed by atoms with E-state index in [0.717, 1.165) is 42.6 Å². The van der Waals surface area contributed by atoms with Crippen LogP contribution in [0, 0.1) is 0 Å². The first kappa shape index (κ1) is 53.3. The molecule has 4 atom stereocenters. The van der Waals surface area contributed by atoms with Crippen LogP contribution in [0.5, 0.6) is 11.5 Å². The summed E-state index contributed by atoms with van der Waals surface area (Å²) in [5.41, 5.74) is 13.5. The zero-order valence-electron chi connectivity index (χ0n) is 41.0. The van der Waals surface area contributed by atoms with E-state index >= 15 is 0 Å². The van der Waals surface area contributed by atoms with E-state index < -0.39 is 0 Å². The molecule has 0 aromatic heterocycles. The van der Waals surface area contributed by atoms with Crippen molar-refractivity contribution in [1.29, 1.82) is 0 Å². The largest absolute Gasteiger partial charge is 0.490 e. The lowest BCUT2D eigenvalue weighted by molar-refractivity contribution is -0.141. The Labute approximate surface area is 405 Å². The summed E-state index contributed by atoms with van der Waals surface area (Å²) in [6.07, 6.45) is 4.56. The Morgan fingerprint density at radius 3 is 1.25 bits per heavy atom. The fourth-order valence-corrected chi connectivity index (χ4v) is 7.48. The van der Waals surface area contributed by atoms with Crippen LogP contribution >= 0.6 is 0 Å². The van der Waals surface area contributed by atoms with E-state index in [-0.39, 0.29) is 54.9 Å². The number of hydrogen-bond donors (Lipinski definition) is 0. The van der Waals surface area contributed by atoms with Crippen LogP contribution in [0.15, 0.2) is 121 Å². The summed E-state index contributed by atoms with van der Waals surface area (Å²) in [5.74, 6) is -0.124. The first-order valence-corrected chi connectivity index (χ1v) is 22.5. The van der Waals surface area contributed by atoms with Crippen LogP contribution in [-0.2, 0) is 91.2 Å². The first-order chi connectivity index (χ1) is 33.0. The number of benzene rings is 4. The van der Waals surface area contributed by atoms with Gasteiger partial charge < -0.3 is 42.6 Å². The van der Waals surface area contributed by atoms with Gasteiger partial charge >= 0.3 is 23.9 Å². The highest BCUT2D eigenvalue weighted by atomic mass is 16.6. The molecule has 0 amide bonds. The normalized spacial score (nSPS) is 16.8. The van der Waals surface area contributed by atoms with Crippen molar-refractivity contribution in [2.24, 2.45) is 0 Å². The van der Waals surface area contributed by atoms with Gasteiger partial charge in [-0.1, -0.05) is 74.8 Å². The summed E-state index contributed by atoms with van der Waals surface area (Å²) in [7, 11) is 6.84. The molecule has 4 aliphatic rings. The molecule has 4 unspecified atom stereocenters. The average Bonchev–Trinajstić information content (AvgIpc) is 3.29. The molecular formula is C56H64O13. The van der Waals surface area contributed by atoms with E-state index in [1.165, 1.54) is 44.5 Å². The molecule has 0 fully saturated rings. The van der Waals surface area contributed by atoms with Gasteiger partial charge in [0.05, 0.1) is 24.4 Å². The molecule has 0 saturated carbocycles. The molecule has 0 bridgehead atoms. The molecule has 69 heavy (non-hydrogen) atoms. The van der Waals surface area contributed by atoms with E-state index in [4.69, 9.17) is 42.6 Å². The number of esters is 4. The maximum atomic E-state index is 11.3. The molecule has 13 heteroatoms. The molecule has 4 aromatic rings. The lowest BCUT2D eigenvalue weighted by Crippen LogP contribution is -2.19. The Hall–Kier alpha value is -6.64. The predicted molar refractivity (Wildman–Crippen MR) is 261 cm³/mol. The van der Waals surface area contributed by atoms with Crippen molar-refractivity contribution in [2.75, 3.05) is 41.7 Å². The lowest BCUT2D eigenvalue weighted by Gasteiger charge is -2.29.